The Bertz CT molecular complexity index is 384. The summed E-state index contributed by atoms with van der Waals surface area (Å²) in [5.74, 6) is 0. The van der Waals surface area contributed by atoms with Crippen LogP contribution in [-0.2, 0) is 14.9 Å². The molecule has 0 aromatic carbocycles. The number of rotatable bonds is 1. The van der Waals surface area contributed by atoms with Crippen molar-refractivity contribution in [3.63, 3.8) is 0 Å². The number of hydrogen-bond acceptors (Lipinski definition) is 4. The molecule has 17 heavy (non-hydrogen) atoms. The molecular formula is C10H19NO5S. The fourth-order valence-electron chi connectivity index (χ4n) is 1.67. The minimum absolute atomic E-state index is 0.00620. The molecule has 1 amide bonds. The second-order valence-electron chi connectivity index (χ2n) is 5.21. The van der Waals surface area contributed by atoms with Gasteiger partial charge in [0.2, 0.25) is 0 Å². The van der Waals surface area contributed by atoms with E-state index in [4.69, 9.17) is 9.29 Å². The molecule has 7 heteroatoms. The third kappa shape index (κ3) is 4.51. The highest BCUT2D eigenvalue weighted by Crippen LogP contribution is 2.18. The average Bonchev–Trinajstić information content (AvgIpc) is 2.14. The molecule has 1 unspecified atom stereocenters. The summed E-state index contributed by atoms with van der Waals surface area (Å²) in [5, 5.41) is -0.899. The molecule has 6 nitrogen and oxygen atoms in total. The van der Waals surface area contributed by atoms with Crippen LogP contribution in [0.1, 0.15) is 33.6 Å². The lowest BCUT2D eigenvalue weighted by atomic mass is 10.1. The van der Waals surface area contributed by atoms with E-state index in [0.29, 0.717) is 19.4 Å². The van der Waals surface area contributed by atoms with Crippen LogP contribution in [0.3, 0.4) is 0 Å². The smallest absolute Gasteiger partial charge is 0.410 e. The molecule has 1 fully saturated rings. The maximum absolute atomic E-state index is 11.7. The summed E-state index contributed by atoms with van der Waals surface area (Å²) >= 11 is 0. The first-order valence-corrected chi connectivity index (χ1v) is 7.04. The molecule has 0 radical (unpaired) electrons. The van der Waals surface area contributed by atoms with Crippen LogP contribution < -0.4 is 0 Å². The molecular weight excluding hydrogens is 246 g/mol. The first-order chi connectivity index (χ1) is 7.59. The first kappa shape index (κ1) is 14.2. The van der Waals surface area contributed by atoms with Gasteiger partial charge in [-0.1, -0.05) is 0 Å². The Morgan fingerprint density at radius 1 is 1.41 bits per heavy atom. The van der Waals surface area contributed by atoms with Gasteiger partial charge in [0.15, 0.2) is 0 Å². The number of carbonyl (C=O) groups is 1. The summed E-state index contributed by atoms with van der Waals surface area (Å²) in [6.07, 6.45) is 0.382. The van der Waals surface area contributed by atoms with Gasteiger partial charge < -0.3 is 9.64 Å². The zero-order valence-corrected chi connectivity index (χ0v) is 11.2. The quantitative estimate of drug-likeness (QED) is 0.722. The summed E-state index contributed by atoms with van der Waals surface area (Å²) in [4.78, 5) is 13.0. The van der Waals surface area contributed by atoms with Crippen LogP contribution in [0.15, 0.2) is 0 Å². The molecule has 1 N–H and O–H groups in total. The average molecular weight is 265 g/mol. The molecule has 0 saturated carbocycles. The molecule has 0 aliphatic carbocycles. The fraction of sp³-hybridized carbons (Fsp3) is 0.900. The largest absolute Gasteiger partial charge is 0.444 e. The molecule has 1 aliphatic heterocycles. The summed E-state index contributed by atoms with van der Waals surface area (Å²) in [7, 11) is -4.09. The Morgan fingerprint density at radius 2 is 2.00 bits per heavy atom. The Labute approximate surface area is 102 Å². The van der Waals surface area contributed by atoms with Crippen molar-refractivity contribution in [3.05, 3.63) is 0 Å². The number of piperidine rings is 1. The molecule has 1 aliphatic rings. The third-order valence-corrected chi connectivity index (χ3v) is 3.68. The van der Waals surface area contributed by atoms with Crippen LogP contribution in [0.25, 0.3) is 0 Å². The number of ether oxygens (including phenoxy) is 1. The number of hydrogen-bond donors (Lipinski definition) is 1. The summed E-state index contributed by atoms with van der Waals surface area (Å²) in [5.41, 5.74) is -0.609. The topological polar surface area (TPSA) is 83.9 Å². The van der Waals surface area contributed by atoms with E-state index in [0.717, 1.165) is 0 Å². The predicted molar refractivity (Wildman–Crippen MR) is 62.4 cm³/mol. The van der Waals surface area contributed by atoms with Crippen LogP contribution in [-0.4, -0.2) is 47.9 Å². The van der Waals surface area contributed by atoms with Gasteiger partial charge in [0.25, 0.3) is 10.1 Å². The maximum Gasteiger partial charge on any atom is 0.410 e. The lowest BCUT2D eigenvalue weighted by Gasteiger charge is -2.32. The van der Waals surface area contributed by atoms with Gasteiger partial charge in [-0.25, -0.2) is 4.79 Å². The molecule has 0 aromatic rings. The van der Waals surface area contributed by atoms with Crippen molar-refractivity contribution in [1.82, 2.24) is 4.90 Å². The Morgan fingerprint density at radius 3 is 2.47 bits per heavy atom. The van der Waals surface area contributed by atoms with Crippen LogP contribution in [0.5, 0.6) is 0 Å². The highest BCUT2D eigenvalue weighted by Gasteiger charge is 2.33. The molecule has 0 spiro atoms. The number of likely N-dealkylation sites (tertiary alicyclic amines) is 1. The molecule has 100 valence electrons. The van der Waals surface area contributed by atoms with Gasteiger partial charge in [-0.2, -0.15) is 8.42 Å². The Hall–Kier alpha value is -0.820. The SMILES string of the molecule is CC(C)(C)OC(=O)N1CCCC(S(=O)(=O)O)C1. The van der Waals surface area contributed by atoms with E-state index < -0.39 is 27.1 Å². The van der Waals surface area contributed by atoms with Crippen LogP contribution >= 0.6 is 0 Å². The molecule has 1 atom stereocenters. The third-order valence-electron chi connectivity index (χ3n) is 2.45. The molecule has 0 bridgehead atoms. The highest BCUT2D eigenvalue weighted by molar-refractivity contribution is 7.86. The van der Waals surface area contributed by atoms with Crippen molar-refractivity contribution in [1.29, 1.82) is 0 Å². The van der Waals surface area contributed by atoms with Crippen molar-refractivity contribution in [2.75, 3.05) is 13.1 Å². The van der Waals surface area contributed by atoms with Gasteiger partial charge >= 0.3 is 6.09 Å². The minimum Gasteiger partial charge on any atom is -0.444 e. The van der Waals surface area contributed by atoms with Gasteiger partial charge in [-0.3, -0.25) is 4.55 Å². The zero-order chi connectivity index (χ0) is 13.3. The fourth-order valence-corrected chi connectivity index (χ4v) is 2.51. The normalized spacial score (nSPS) is 22.4. The van der Waals surface area contributed by atoms with E-state index in [2.05, 4.69) is 0 Å². The number of nitrogens with zero attached hydrogens (tertiary/aromatic N) is 1. The van der Waals surface area contributed by atoms with E-state index in [1.807, 2.05) is 0 Å². The van der Waals surface area contributed by atoms with Gasteiger partial charge in [0.05, 0.1) is 0 Å². The van der Waals surface area contributed by atoms with Crippen molar-refractivity contribution in [2.24, 2.45) is 0 Å². The zero-order valence-electron chi connectivity index (χ0n) is 10.3. The van der Waals surface area contributed by atoms with Crippen molar-refractivity contribution in [3.8, 4) is 0 Å². The number of amides is 1. The van der Waals surface area contributed by atoms with E-state index in [-0.39, 0.29) is 6.54 Å². The summed E-state index contributed by atoms with van der Waals surface area (Å²) in [6, 6.07) is 0. The highest BCUT2D eigenvalue weighted by atomic mass is 32.2. The number of carbonyl (C=O) groups excluding carboxylic acids is 1. The molecule has 1 saturated heterocycles. The first-order valence-electron chi connectivity index (χ1n) is 5.54. The lowest BCUT2D eigenvalue weighted by molar-refractivity contribution is 0.0217. The van der Waals surface area contributed by atoms with Gasteiger partial charge in [0, 0.05) is 13.1 Å². The Kier molecular flexibility index (Phi) is 4.03. The molecule has 1 rings (SSSR count). The minimum atomic E-state index is -4.09. The maximum atomic E-state index is 11.7. The van der Waals surface area contributed by atoms with E-state index in [9.17, 15) is 13.2 Å². The van der Waals surface area contributed by atoms with Crippen molar-refractivity contribution < 1.29 is 22.5 Å². The predicted octanol–water partition coefficient (Wildman–Crippen LogP) is 1.27. The second kappa shape index (κ2) is 4.81. The summed E-state index contributed by atoms with van der Waals surface area (Å²) in [6.45, 7) is 5.69. The molecule has 0 aromatic heterocycles. The van der Waals surface area contributed by atoms with Crippen molar-refractivity contribution >= 4 is 16.2 Å². The van der Waals surface area contributed by atoms with Crippen LogP contribution in [0.2, 0.25) is 0 Å². The van der Waals surface area contributed by atoms with Crippen LogP contribution in [0.4, 0.5) is 4.79 Å². The standard InChI is InChI=1S/C10H19NO5S/c1-10(2,3)16-9(12)11-6-4-5-8(7-11)17(13,14)15/h8H,4-7H2,1-3H3,(H,13,14,15). The van der Waals surface area contributed by atoms with E-state index in [1.54, 1.807) is 20.8 Å². The second-order valence-corrected chi connectivity index (χ2v) is 6.90. The van der Waals surface area contributed by atoms with Gasteiger partial charge in [-0.15, -0.1) is 0 Å². The van der Waals surface area contributed by atoms with Gasteiger partial charge in [0.1, 0.15) is 10.9 Å². The monoisotopic (exact) mass is 265 g/mol. The van der Waals surface area contributed by atoms with Crippen LogP contribution in [0, 0.1) is 0 Å². The lowest BCUT2D eigenvalue weighted by Crippen LogP contribution is -2.46. The van der Waals surface area contributed by atoms with Gasteiger partial charge in [-0.05, 0) is 33.6 Å². The van der Waals surface area contributed by atoms with E-state index in [1.165, 1.54) is 4.90 Å². The Balaban J connectivity index is 2.64. The van der Waals surface area contributed by atoms with Crippen molar-refractivity contribution in [2.45, 2.75) is 44.5 Å². The van der Waals surface area contributed by atoms with E-state index >= 15 is 0 Å². The summed E-state index contributed by atoms with van der Waals surface area (Å²) < 4.78 is 36.1. The molecule has 1 heterocycles.